The first-order chi connectivity index (χ1) is 6.07. The molecule has 13 heavy (non-hydrogen) atoms. The number of amides is 2. The molecule has 76 valence electrons. The van der Waals surface area contributed by atoms with Crippen molar-refractivity contribution in [1.82, 2.24) is 10.2 Å². The van der Waals surface area contributed by atoms with E-state index in [1.54, 1.807) is 0 Å². The summed E-state index contributed by atoms with van der Waals surface area (Å²) in [5.41, 5.74) is 3.47. The fourth-order valence-electron chi connectivity index (χ4n) is 0.778. The first-order valence-electron chi connectivity index (χ1n) is 3.78. The molecule has 0 heterocycles. The molecule has 0 atom stereocenters. The summed E-state index contributed by atoms with van der Waals surface area (Å²) in [6, 6.07) is 0. The predicted molar refractivity (Wildman–Crippen MR) is 38.1 cm³/mol. The number of rotatable bonds is 5. The Morgan fingerprint density at radius 1 is 1.31 bits per heavy atom. The molecular formula is C6H12N3O4-. The summed E-state index contributed by atoms with van der Waals surface area (Å²) in [4.78, 5) is 21.2. The summed E-state index contributed by atoms with van der Waals surface area (Å²) in [6.45, 7) is 0.693. The van der Waals surface area contributed by atoms with Crippen LogP contribution in [0.1, 0.15) is 0 Å². The molecule has 0 radical (unpaired) electrons. The number of quaternary nitrogens is 1. The first-order valence-corrected chi connectivity index (χ1v) is 3.78. The summed E-state index contributed by atoms with van der Waals surface area (Å²) in [5, 5.41) is 22.2. The molecule has 0 saturated carbocycles. The third-order valence-electron chi connectivity index (χ3n) is 1.34. The van der Waals surface area contributed by atoms with Crippen LogP contribution in [0.3, 0.4) is 0 Å². The van der Waals surface area contributed by atoms with Gasteiger partial charge in [0.15, 0.2) is 0 Å². The van der Waals surface area contributed by atoms with Gasteiger partial charge in [0.25, 0.3) is 0 Å². The van der Waals surface area contributed by atoms with Crippen molar-refractivity contribution in [2.45, 2.75) is 0 Å². The molecule has 0 rings (SSSR count). The van der Waals surface area contributed by atoms with Crippen LogP contribution >= 0.6 is 0 Å². The number of carboxylic acid groups (broad SMARTS) is 2. The molecular weight excluding hydrogens is 178 g/mol. The lowest BCUT2D eigenvalue weighted by Gasteiger charge is -2.23. The van der Waals surface area contributed by atoms with E-state index in [4.69, 9.17) is 0 Å². The molecule has 0 fully saturated rings. The number of carbonyl (C=O) groups excluding carboxylic acids is 2. The maximum atomic E-state index is 10.4. The van der Waals surface area contributed by atoms with Gasteiger partial charge in [0.1, 0.15) is 12.2 Å². The van der Waals surface area contributed by atoms with Crippen LogP contribution in [0.5, 0.6) is 0 Å². The molecule has 7 heteroatoms. The highest BCUT2D eigenvalue weighted by Gasteiger charge is 2.02. The molecule has 0 aromatic heterocycles. The van der Waals surface area contributed by atoms with Gasteiger partial charge in [-0.3, -0.25) is 0 Å². The van der Waals surface area contributed by atoms with Gasteiger partial charge in [-0.1, -0.05) is 0 Å². The molecule has 4 N–H and O–H groups in total. The van der Waals surface area contributed by atoms with Crippen LogP contribution in [0, 0.1) is 0 Å². The second-order valence-corrected chi connectivity index (χ2v) is 2.32. The van der Waals surface area contributed by atoms with E-state index < -0.39 is 12.2 Å². The number of nitrogens with one attached hydrogen (secondary N) is 1. The van der Waals surface area contributed by atoms with Crippen molar-refractivity contribution in [1.29, 1.82) is 0 Å². The number of hydrogen-bond acceptors (Lipinski definition) is 4. The molecule has 0 bridgehead atoms. The van der Waals surface area contributed by atoms with Gasteiger partial charge in [-0.05, 0) is 0 Å². The van der Waals surface area contributed by atoms with Crippen molar-refractivity contribution in [3.05, 3.63) is 0 Å². The maximum absolute atomic E-state index is 10.4. The molecule has 0 aliphatic carbocycles. The highest BCUT2D eigenvalue weighted by molar-refractivity contribution is 5.63. The second-order valence-electron chi connectivity index (χ2n) is 2.32. The van der Waals surface area contributed by atoms with Crippen LogP contribution in [0.4, 0.5) is 9.59 Å². The number of nitrogens with zero attached hydrogens (tertiary/aromatic N) is 1. The fraction of sp³-hybridized carbons (Fsp3) is 0.667. The van der Waals surface area contributed by atoms with E-state index >= 15 is 0 Å². The van der Waals surface area contributed by atoms with Crippen LogP contribution in [0.2, 0.25) is 0 Å². The first kappa shape index (κ1) is 11.5. The minimum atomic E-state index is -1.42. The molecule has 0 aromatic carbocycles. The lowest BCUT2D eigenvalue weighted by molar-refractivity contribution is -0.370. The Balaban J connectivity index is 3.69. The summed E-state index contributed by atoms with van der Waals surface area (Å²) >= 11 is 0. The van der Waals surface area contributed by atoms with Crippen molar-refractivity contribution in [2.75, 3.05) is 26.2 Å². The van der Waals surface area contributed by atoms with Crippen LogP contribution < -0.4 is 21.3 Å². The predicted octanol–water partition coefficient (Wildman–Crippen LogP) is -4.19. The Labute approximate surface area is 75.1 Å². The molecule has 2 amide bonds. The third kappa shape index (κ3) is 5.74. The Hall–Kier alpha value is -1.50. The van der Waals surface area contributed by atoms with Crippen molar-refractivity contribution >= 4 is 12.2 Å². The van der Waals surface area contributed by atoms with Gasteiger partial charge in [0, 0.05) is 13.1 Å². The molecule has 0 unspecified atom stereocenters. The van der Waals surface area contributed by atoms with E-state index in [1.807, 2.05) is 5.32 Å². The van der Waals surface area contributed by atoms with E-state index in [0.29, 0.717) is 6.54 Å². The fourth-order valence-corrected chi connectivity index (χ4v) is 0.778. The Kier molecular flexibility index (Phi) is 5.37. The third-order valence-corrected chi connectivity index (χ3v) is 1.34. The lowest BCUT2D eigenvalue weighted by atomic mass is 10.5. The number of hydrogen-bond donors (Lipinski definition) is 2. The van der Waals surface area contributed by atoms with Crippen LogP contribution in [-0.2, 0) is 0 Å². The lowest BCUT2D eigenvalue weighted by Crippen LogP contribution is -2.58. The topological polar surface area (TPSA) is 123 Å². The molecule has 0 spiro atoms. The highest BCUT2D eigenvalue weighted by atomic mass is 16.4. The van der Waals surface area contributed by atoms with E-state index in [1.165, 1.54) is 0 Å². The van der Waals surface area contributed by atoms with Gasteiger partial charge in [-0.15, -0.1) is 0 Å². The van der Waals surface area contributed by atoms with Crippen LogP contribution in [0.25, 0.3) is 0 Å². The van der Waals surface area contributed by atoms with E-state index in [-0.39, 0.29) is 19.6 Å². The maximum Gasteiger partial charge on any atom is 0.137 e. The summed E-state index contributed by atoms with van der Waals surface area (Å²) in [7, 11) is 0. The average molecular weight is 190 g/mol. The Morgan fingerprint density at radius 3 is 2.31 bits per heavy atom. The Morgan fingerprint density at radius 2 is 1.92 bits per heavy atom. The molecule has 0 saturated heterocycles. The zero-order chi connectivity index (χ0) is 10.3. The van der Waals surface area contributed by atoms with Crippen molar-refractivity contribution < 1.29 is 25.5 Å². The molecule has 0 aromatic rings. The van der Waals surface area contributed by atoms with Gasteiger partial charge < -0.3 is 35.8 Å². The minimum absolute atomic E-state index is 0.00366. The van der Waals surface area contributed by atoms with Gasteiger partial charge in [0.2, 0.25) is 0 Å². The van der Waals surface area contributed by atoms with Crippen molar-refractivity contribution in [2.24, 2.45) is 0 Å². The molecule has 0 aliphatic rings. The SMILES string of the molecule is [NH3+]CCN(CCNC(=O)[O-])C(=O)[O-]. The monoisotopic (exact) mass is 190 g/mol. The van der Waals surface area contributed by atoms with Gasteiger partial charge in [0.05, 0.1) is 13.1 Å². The summed E-state index contributed by atoms with van der Waals surface area (Å²) < 4.78 is 0. The van der Waals surface area contributed by atoms with E-state index in [9.17, 15) is 19.8 Å². The zero-order valence-electron chi connectivity index (χ0n) is 7.12. The van der Waals surface area contributed by atoms with Crippen molar-refractivity contribution in [3.63, 3.8) is 0 Å². The average Bonchev–Trinajstić information content (AvgIpc) is 2.02. The van der Waals surface area contributed by atoms with Gasteiger partial charge >= 0.3 is 0 Å². The normalized spacial score (nSPS) is 9.31. The van der Waals surface area contributed by atoms with Gasteiger partial charge in [-0.2, -0.15) is 0 Å². The van der Waals surface area contributed by atoms with Crippen LogP contribution in [0.15, 0.2) is 0 Å². The largest absolute Gasteiger partial charge is 0.530 e. The smallest absolute Gasteiger partial charge is 0.137 e. The minimum Gasteiger partial charge on any atom is -0.530 e. The highest BCUT2D eigenvalue weighted by Crippen LogP contribution is 1.83. The van der Waals surface area contributed by atoms with E-state index in [2.05, 4.69) is 5.73 Å². The summed E-state index contributed by atoms with van der Waals surface area (Å²) in [6.07, 6.45) is -2.75. The number of carbonyl (C=O) groups is 2. The standard InChI is InChI=1S/C6H13N3O4/c7-1-3-9(6(12)13)4-2-8-5(10)11/h8H,1-4,7H2,(H,10,11)(H,12,13)/p-1. The molecule has 7 nitrogen and oxygen atoms in total. The summed E-state index contributed by atoms with van der Waals surface area (Å²) in [5.74, 6) is 0. The quantitative estimate of drug-likeness (QED) is 0.456. The van der Waals surface area contributed by atoms with Crippen LogP contribution in [-0.4, -0.2) is 43.3 Å². The Bertz CT molecular complexity index is 185. The van der Waals surface area contributed by atoms with Crippen molar-refractivity contribution in [3.8, 4) is 0 Å². The van der Waals surface area contributed by atoms with Gasteiger partial charge in [-0.25, -0.2) is 0 Å². The zero-order valence-corrected chi connectivity index (χ0v) is 7.12. The van der Waals surface area contributed by atoms with E-state index in [0.717, 1.165) is 4.90 Å². The molecule has 0 aliphatic heterocycles. The second kappa shape index (κ2) is 6.06.